The summed E-state index contributed by atoms with van der Waals surface area (Å²) in [6.07, 6.45) is 17.3. The average Bonchev–Trinajstić information content (AvgIpc) is 3.33. The topological polar surface area (TPSA) is 113 Å². The number of aryl methyl sites for hydroxylation is 2. The van der Waals surface area contributed by atoms with Crippen molar-refractivity contribution in [3.63, 3.8) is 0 Å². The van der Waals surface area contributed by atoms with Gasteiger partial charge < -0.3 is 23.7 Å². The molecule has 0 saturated heterocycles. The maximum absolute atomic E-state index is 12.6. The molecule has 10 heteroatoms. The minimum absolute atomic E-state index is 0.297. The third-order valence-electron chi connectivity index (χ3n) is 10.8. The van der Waals surface area contributed by atoms with Gasteiger partial charge in [-0.3, -0.25) is 0 Å². The van der Waals surface area contributed by atoms with Gasteiger partial charge in [0.25, 0.3) is 0 Å². The Labute approximate surface area is 387 Å². The third-order valence-corrected chi connectivity index (χ3v) is 10.8. The maximum Gasteiger partial charge on any atom is 0.338 e. The quantitative estimate of drug-likeness (QED) is 0.0241. The molecule has 0 fully saturated rings. The lowest BCUT2D eigenvalue weighted by atomic mass is 10.1. The molecule has 0 amide bonds. The Kier molecular flexibility index (Phi) is 23.2. The van der Waals surface area contributed by atoms with E-state index < -0.39 is 5.97 Å². The largest absolute Gasteiger partial charge is 0.494 e. The van der Waals surface area contributed by atoms with Crippen LogP contribution in [-0.4, -0.2) is 39.0 Å². The molecule has 0 N–H and O–H groups in total. The first-order chi connectivity index (χ1) is 32.0. The van der Waals surface area contributed by atoms with Crippen LogP contribution in [0.1, 0.15) is 132 Å². The summed E-state index contributed by atoms with van der Waals surface area (Å²) in [5, 5.41) is 17.5. The molecule has 0 spiro atoms. The zero-order valence-electron chi connectivity index (χ0n) is 39.1. The van der Waals surface area contributed by atoms with E-state index in [1.807, 2.05) is 78.9 Å². The van der Waals surface area contributed by atoms with Gasteiger partial charge in [0.15, 0.2) is 0 Å². The summed E-state index contributed by atoms with van der Waals surface area (Å²) in [4.78, 5) is 12.6. The Balaban J connectivity index is 0.916. The van der Waals surface area contributed by atoms with Gasteiger partial charge in [0.2, 0.25) is 0 Å². The molecule has 0 unspecified atom stereocenters. The molecule has 0 saturated carbocycles. The van der Waals surface area contributed by atoms with E-state index in [4.69, 9.17) is 23.7 Å². The van der Waals surface area contributed by atoms with Crippen LogP contribution in [-0.2, 0) is 17.6 Å². The van der Waals surface area contributed by atoms with Gasteiger partial charge in [0, 0.05) is 6.07 Å². The van der Waals surface area contributed by atoms with Crippen LogP contribution in [0.3, 0.4) is 0 Å². The number of esters is 1. The van der Waals surface area contributed by atoms with E-state index >= 15 is 0 Å². The van der Waals surface area contributed by atoms with Gasteiger partial charge in [-0.05, 0) is 180 Å². The Morgan fingerprint density at radius 3 is 1.06 bits per heavy atom. The van der Waals surface area contributed by atoms with Crippen molar-refractivity contribution in [1.82, 2.24) is 0 Å². The molecule has 0 radical (unpaired) electrons. The standard InChI is InChI=1S/C55H70N4O6/c1-4-7-13-19-44-21-25-47(26-22-44)56-58-49-29-33-51(34-30-49)62-37-15-9-11-17-39-64-53-41-46(55(60)61-6-3)42-54(43-53)65-40-18-12-10-16-38-63-52-35-31-50(32-36-52)59-57-48-27-23-45(24-28-48)20-14-8-5-2/h21-36,41-43H,4-20,37-40H2,1-3H3. The van der Waals surface area contributed by atoms with Crippen molar-refractivity contribution in [2.75, 3.05) is 33.0 Å². The molecule has 0 aliphatic carbocycles. The van der Waals surface area contributed by atoms with Crippen molar-refractivity contribution in [3.8, 4) is 23.0 Å². The SMILES string of the molecule is CCCCCc1ccc(N=Nc2ccc(OCCCCCCOc3cc(OCCCCCCOc4ccc(N=Nc5ccc(CCCCC)cc5)cc4)cc(C(=O)OCC)c3)cc2)cc1. The summed E-state index contributed by atoms with van der Waals surface area (Å²) in [5.41, 5.74) is 6.39. The Morgan fingerprint density at radius 1 is 0.385 bits per heavy atom. The highest BCUT2D eigenvalue weighted by Gasteiger charge is 2.12. The van der Waals surface area contributed by atoms with Crippen LogP contribution in [0.5, 0.6) is 23.0 Å². The predicted molar refractivity (Wildman–Crippen MR) is 262 cm³/mol. The van der Waals surface area contributed by atoms with Gasteiger partial charge in [0.05, 0.1) is 61.3 Å². The molecule has 65 heavy (non-hydrogen) atoms. The van der Waals surface area contributed by atoms with Gasteiger partial charge in [-0.15, -0.1) is 0 Å². The summed E-state index contributed by atoms with van der Waals surface area (Å²) in [7, 11) is 0. The number of ether oxygens (including phenoxy) is 5. The lowest BCUT2D eigenvalue weighted by molar-refractivity contribution is 0.0525. The molecule has 0 aliphatic rings. The number of hydrogen-bond donors (Lipinski definition) is 0. The zero-order valence-corrected chi connectivity index (χ0v) is 39.1. The summed E-state index contributed by atoms with van der Waals surface area (Å²) in [6.45, 7) is 8.90. The summed E-state index contributed by atoms with van der Waals surface area (Å²) in [5.74, 6) is 2.45. The fourth-order valence-corrected chi connectivity index (χ4v) is 7.01. The highest BCUT2D eigenvalue weighted by Crippen LogP contribution is 2.26. The van der Waals surface area contributed by atoms with Crippen LogP contribution in [0.2, 0.25) is 0 Å². The molecule has 0 heterocycles. The second-order valence-corrected chi connectivity index (χ2v) is 16.3. The molecular weight excluding hydrogens is 813 g/mol. The maximum atomic E-state index is 12.6. The van der Waals surface area contributed by atoms with E-state index in [0.717, 1.165) is 98.5 Å². The van der Waals surface area contributed by atoms with E-state index in [9.17, 15) is 4.79 Å². The number of rotatable bonds is 32. The van der Waals surface area contributed by atoms with Crippen molar-refractivity contribution in [2.24, 2.45) is 20.5 Å². The molecule has 346 valence electrons. The summed E-state index contributed by atoms with van der Waals surface area (Å²) >= 11 is 0. The monoisotopic (exact) mass is 883 g/mol. The lowest BCUT2D eigenvalue weighted by Crippen LogP contribution is -2.07. The number of unbranched alkanes of at least 4 members (excludes halogenated alkanes) is 10. The molecule has 5 aromatic carbocycles. The van der Waals surface area contributed by atoms with E-state index in [1.54, 1.807) is 19.1 Å². The Hall–Kier alpha value is -6.03. The van der Waals surface area contributed by atoms with Gasteiger partial charge >= 0.3 is 5.97 Å². The van der Waals surface area contributed by atoms with Crippen molar-refractivity contribution in [3.05, 3.63) is 132 Å². The van der Waals surface area contributed by atoms with E-state index in [1.165, 1.54) is 49.7 Å². The number of carbonyl (C=O) groups excluding carboxylic acids is 1. The fourth-order valence-electron chi connectivity index (χ4n) is 7.01. The molecular formula is C55H70N4O6. The molecule has 10 nitrogen and oxygen atoms in total. The summed E-state index contributed by atoms with van der Waals surface area (Å²) in [6, 6.07) is 37.4. The number of hydrogen-bond acceptors (Lipinski definition) is 10. The van der Waals surface area contributed by atoms with Crippen molar-refractivity contribution in [2.45, 2.75) is 124 Å². The van der Waals surface area contributed by atoms with Crippen LogP contribution >= 0.6 is 0 Å². The molecule has 0 aliphatic heterocycles. The van der Waals surface area contributed by atoms with Crippen molar-refractivity contribution in [1.29, 1.82) is 0 Å². The van der Waals surface area contributed by atoms with Gasteiger partial charge in [-0.1, -0.05) is 63.8 Å². The number of azo groups is 2. The first kappa shape index (κ1) is 50.0. The first-order valence-corrected chi connectivity index (χ1v) is 24.1. The zero-order chi connectivity index (χ0) is 45.6. The van der Waals surface area contributed by atoms with Crippen LogP contribution in [0.25, 0.3) is 0 Å². The van der Waals surface area contributed by atoms with Crippen molar-refractivity contribution >= 4 is 28.7 Å². The second kappa shape index (κ2) is 30.2. The van der Waals surface area contributed by atoms with Crippen LogP contribution in [0, 0.1) is 0 Å². The highest BCUT2D eigenvalue weighted by molar-refractivity contribution is 5.90. The number of nitrogens with zero attached hydrogens (tertiary/aromatic N) is 4. The lowest BCUT2D eigenvalue weighted by Gasteiger charge is -2.12. The molecule has 0 aromatic heterocycles. The normalized spacial score (nSPS) is 11.3. The van der Waals surface area contributed by atoms with Crippen LogP contribution in [0.4, 0.5) is 22.7 Å². The minimum Gasteiger partial charge on any atom is -0.494 e. The van der Waals surface area contributed by atoms with Crippen LogP contribution < -0.4 is 18.9 Å². The predicted octanol–water partition coefficient (Wildman–Crippen LogP) is 16.2. The Bertz CT molecular complexity index is 1980. The second-order valence-electron chi connectivity index (χ2n) is 16.3. The van der Waals surface area contributed by atoms with E-state index in [2.05, 4.69) is 58.6 Å². The molecule has 0 bridgehead atoms. The van der Waals surface area contributed by atoms with Crippen molar-refractivity contribution < 1.29 is 28.5 Å². The van der Waals surface area contributed by atoms with Gasteiger partial charge in [0.1, 0.15) is 23.0 Å². The summed E-state index contributed by atoms with van der Waals surface area (Å²) < 4.78 is 29.3. The minimum atomic E-state index is -0.391. The first-order valence-electron chi connectivity index (χ1n) is 24.1. The average molecular weight is 883 g/mol. The van der Waals surface area contributed by atoms with Crippen LogP contribution in [0.15, 0.2) is 136 Å². The smallest absolute Gasteiger partial charge is 0.338 e. The Morgan fingerprint density at radius 2 is 0.723 bits per heavy atom. The fraction of sp³-hybridized carbons (Fsp3) is 0.436. The van der Waals surface area contributed by atoms with E-state index in [-0.39, 0.29) is 0 Å². The number of benzene rings is 5. The van der Waals surface area contributed by atoms with Gasteiger partial charge in [-0.2, -0.15) is 20.5 Å². The van der Waals surface area contributed by atoms with Gasteiger partial charge in [-0.25, -0.2) is 4.79 Å². The molecule has 0 atom stereocenters. The van der Waals surface area contributed by atoms with E-state index in [0.29, 0.717) is 50.1 Å². The highest BCUT2D eigenvalue weighted by atomic mass is 16.5. The molecule has 5 rings (SSSR count). The third kappa shape index (κ3) is 20.1. The number of carbonyl (C=O) groups is 1. The molecule has 5 aromatic rings.